The van der Waals surface area contributed by atoms with E-state index in [1.807, 2.05) is 12.2 Å². The number of aryl methyl sites for hydroxylation is 1. The number of benzene rings is 1. The molecule has 12 heteroatoms. The maximum atomic E-state index is 13.6. The molecule has 5 rings (SSSR count). The minimum Gasteiger partial charge on any atom is -0.339 e. The number of nitrogens with zero attached hydrogens (tertiary/aromatic N) is 3. The van der Waals surface area contributed by atoms with Crippen molar-refractivity contribution in [3.05, 3.63) is 47.8 Å². The molecule has 2 saturated carbocycles. The van der Waals surface area contributed by atoms with Crippen molar-refractivity contribution in [3.8, 4) is 0 Å². The van der Waals surface area contributed by atoms with Gasteiger partial charge in [0.25, 0.3) is 5.91 Å². The van der Waals surface area contributed by atoms with Crippen molar-refractivity contribution in [2.45, 2.75) is 70.4 Å². The zero-order chi connectivity index (χ0) is 27.9. The van der Waals surface area contributed by atoms with Gasteiger partial charge in [-0.05, 0) is 81.0 Å². The maximum Gasteiger partial charge on any atom is 0.410 e. The first kappa shape index (κ1) is 27.0. The summed E-state index contributed by atoms with van der Waals surface area (Å²) >= 11 is 0. The zero-order valence-electron chi connectivity index (χ0n) is 21.9. The number of anilines is 1. The third-order valence-electron chi connectivity index (χ3n) is 8.00. The Bertz CT molecular complexity index is 1210. The van der Waals surface area contributed by atoms with Crippen LogP contribution in [0.1, 0.15) is 61.6 Å². The van der Waals surface area contributed by atoms with E-state index in [0.29, 0.717) is 35.3 Å². The summed E-state index contributed by atoms with van der Waals surface area (Å²) < 4.78 is 40.8. The van der Waals surface area contributed by atoms with Crippen LogP contribution in [0.5, 0.6) is 0 Å². The number of urea groups is 1. The lowest BCUT2D eigenvalue weighted by atomic mass is 9.88. The molecule has 9 nitrogen and oxygen atoms in total. The van der Waals surface area contributed by atoms with Gasteiger partial charge in [-0.2, -0.15) is 18.3 Å². The summed E-state index contributed by atoms with van der Waals surface area (Å²) in [4.78, 5) is 40.0. The van der Waals surface area contributed by atoms with E-state index in [1.165, 1.54) is 0 Å². The summed E-state index contributed by atoms with van der Waals surface area (Å²) in [5.41, 5.74) is 1.54. The Hall–Kier alpha value is -3.57. The standard InChI is InChI=1S/C27H33F3N6O3/c1-3-36-20(12-13-31-36)24(37)34-23(22(17-4-5-17)18-6-7-18)25(38)32-19-10-8-16(9-11-19)15(2)35-14-21(27(28,29)30)33-26(35)39/h8-13,15,17-18,21-23H,3-7,14H2,1-2H3,(H,32,38)(H,33,39)(H,34,37)/t15-,21+,23?/m1/s1. The molecule has 1 aromatic carbocycles. The summed E-state index contributed by atoms with van der Waals surface area (Å²) in [6, 6.07) is 4.35. The second-order valence-corrected chi connectivity index (χ2v) is 10.7. The molecule has 1 unspecified atom stereocenters. The van der Waals surface area contributed by atoms with Gasteiger partial charge in [-0.3, -0.25) is 14.3 Å². The van der Waals surface area contributed by atoms with E-state index in [9.17, 15) is 27.6 Å². The van der Waals surface area contributed by atoms with Crippen LogP contribution in [0.25, 0.3) is 0 Å². The number of aromatic nitrogens is 2. The molecule has 3 fully saturated rings. The Balaban J connectivity index is 1.28. The Morgan fingerprint density at radius 1 is 1.10 bits per heavy atom. The van der Waals surface area contributed by atoms with Crippen LogP contribution >= 0.6 is 0 Å². The van der Waals surface area contributed by atoms with Gasteiger partial charge in [-0.15, -0.1) is 0 Å². The number of alkyl halides is 3. The molecule has 2 aliphatic carbocycles. The maximum absolute atomic E-state index is 13.6. The molecule has 39 heavy (non-hydrogen) atoms. The average molecular weight is 547 g/mol. The van der Waals surface area contributed by atoms with E-state index in [0.717, 1.165) is 30.6 Å². The van der Waals surface area contributed by atoms with Gasteiger partial charge in [0, 0.05) is 18.4 Å². The SMILES string of the molecule is CCn1nccc1C(=O)NC(C(=O)Nc1ccc([C@@H](C)N2C[C@@H](C(F)(F)F)NC2=O)cc1)C(C1CC1)C1CC1. The van der Waals surface area contributed by atoms with E-state index in [4.69, 9.17) is 0 Å². The summed E-state index contributed by atoms with van der Waals surface area (Å²) in [5, 5.41) is 12.1. The molecule has 2 aromatic rings. The predicted octanol–water partition coefficient (Wildman–Crippen LogP) is 4.09. The van der Waals surface area contributed by atoms with Gasteiger partial charge < -0.3 is 20.9 Å². The van der Waals surface area contributed by atoms with Crippen LogP contribution < -0.4 is 16.0 Å². The molecule has 1 aliphatic heterocycles. The molecule has 3 aliphatic rings. The van der Waals surface area contributed by atoms with Gasteiger partial charge in [-0.25, -0.2) is 4.79 Å². The van der Waals surface area contributed by atoms with Crippen LogP contribution in [0, 0.1) is 17.8 Å². The lowest BCUT2D eigenvalue weighted by molar-refractivity contribution is -0.150. The van der Waals surface area contributed by atoms with E-state index in [1.54, 1.807) is 48.1 Å². The number of hydrogen-bond acceptors (Lipinski definition) is 4. The van der Waals surface area contributed by atoms with E-state index in [-0.39, 0.29) is 17.7 Å². The molecule has 2 heterocycles. The van der Waals surface area contributed by atoms with Crippen molar-refractivity contribution in [2.24, 2.45) is 17.8 Å². The van der Waals surface area contributed by atoms with E-state index >= 15 is 0 Å². The first-order valence-corrected chi connectivity index (χ1v) is 13.4. The minimum absolute atomic E-state index is 0.0569. The molecule has 3 atom stereocenters. The van der Waals surface area contributed by atoms with Gasteiger partial charge in [0.15, 0.2) is 0 Å². The highest BCUT2D eigenvalue weighted by Gasteiger charge is 2.49. The minimum atomic E-state index is -4.51. The second kappa shape index (κ2) is 10.5. The largest absolute Gasteiger partial charge is 0.410 e. The summed E-state index contributed by atoms with van der Waals surface area (Å²) in [5.74, 6) is 0.218. The molecule has 1 saturated heterocycles. The van der Waals surface area contributed by atoms with Crippen LogP contribution in [-0.2, 0) is 11.3 Å². The number of rotatable bonds is 10. The summed E-state index contributed by atoms with van der Waals surface area (Å²) in [7, 11) is 0. The van der Waals surface area contributed by atoms with Crippen LogP contribution in [0.2, 0.25) is 0 Å². The number of carbonyl (C=O) groups excluding carboxylic acids is 3. The smallest absolute Gasteiger partial charge is 0.339 e. The molecule has 0 radical (unpaired) electrons. The quantitative estimate of drug-likeness (QED) is 0.417. The summed E-state index contributed by atoms with van der Waals surface area (Å²) in [6.45, 7) is 3.61. The zero-order valence-corrected chi connectivity index (χ0v) is 21.9. The number of carbonyl (C=O) groups is 3. The van der Waals surface area contributed by atoms with Gasteiger partial charge in [0.2, 0.25) is 5.91 Å². The molecule has 3 N–H and O–H groups in total. The highest BCUT2D eigenvalue weighted by molar-refractivity contribution is 6.00. The topological polar surface area (TPSA) is 108 Å². The average Bonchev–Trinajstić information content (AvgIpc) is 3.83. The van der Waals surface area contributed by atoms with Gasteiger partial charge in [-0.1, -0.05) is 12.1 Å². The lowest BCUT2D eigenvalue weighted by Gasteiger charge is -2.28. The predicted molar refractivity (Wildman–Crippen MR) is 137 cm³/mol. The number of amides is 4. The van der Waals surface area contributed by atoms with E-state index < -0.39 is 36.9 Å². The van der Waals surface area contributed by atoms with Gasteiger partial charge >= 0.3 is 12.2 Å². The molecule has 0 spiro atoms. The van der Waals surface area contributed by atoms with Crippen molar-refractivity contribution in [2.75, 3.05) is 11.9 Å². The van der Waals surface area contributed by atoms with Crippen molar-refractivity contribution < 1.29 is 27.6 Å². The van der Waals surface area contributed by atoms with Crippen LogP contribution in [0.15, 0.2) is 36.5 Å². The molecular weight excluding hydrogens is 513 g/mol. The number of hydrogen-bond donors (Lipinski definition) is 3. The highest BCUT2D eigenvalue weighted by Crippen LogP contribution is 2.51. The lowest BCUT2D eigenvalue weighted by Crippen LogP contribution is -2.50. The third-order valence-corrected chi connectivity index (χ3v) is 8.00. The fourth-order valence-electron chi connectivity index (χ4n) is 5.54. The third kappa shape index (κ3) is 5.89. The van der Waals surface area contributed by atoms with Crippen molar-refractivity contribution in [3.63, 3.8) is 0 Å². The summed E-state index contributed by atoms with van der Waals surface area (Å²) in [6.07, 6.45) is 1.21. The first-order valence-electron chi connectivity index (χ1n) is 13.4. The Morgan fingerprint density at radius 2 is 1.74 bits per heavy atom. The van der Waals surface area contributed by atoms with Crippen LogP contribution in [0.4, 0.5) is 23.7 Å². The van der Waals surface area contributed by atoms with Crippen molar-refractivity contribution in [1.82, 2.24) is 25.3 Å². The molecular formula is C27H33F3N6O3. The highest BCUT2D eigenvalue weighted by atomic mass is 19.4. The molecule has 0 bridgehead atoms. The number of halogens is 3. The number of nitrogens with one attached hydrogen (secondary N) is 3. The van der Waals surface area contributed by atoms with E-state index in [2.05, 4.69) is 15.7 Å². The normalized spacial score (nSPS) is 21.0. The van der Waals surface area contributed by atoms with Crippen LogP contribution in [-0.4, -0.2) is 57.3 Å². The molecule has 210 valence electrons. The van der Waals surface area contributed by atoms with Crippen molar-refractivity contribution in [1.29, 1.82) is 0 Å². The Labute approximate surface area is 224 Å². The Morgan fingerprint density at radius 3 is 2.28 bits per heavy atom. The molecule has 1 aromatic heterocycles. The van der Waals surface area contributed by atoms with Crippen molar-refractivity contribution >= 4 is 23.5 Å². The first-order chi connectivity index (χ1) is 18.6. The Kier molecular flexibility index (Phi) is 7.30. The molecule has 4 amide bonds. The second-order valence-electron chi connectivity index (χ2n) is 10.7. The van der Waals surface area contributed by atoms with Gasteiger partial charge in [0.1, 0.15) is 17.8 Å². The fourth-order valence-corrected chi connectivity index (χ4v) is 5.54. The monoisotopic (exact) mass is 546 g/mol. The fraction of sp³-hybridized carbons (Fsp3) is 0.556. The van der Waals surface area contributed by atoms with Crippen LogP contribution in [0.3, 0.4) is 0 Å². The van der Waals surface area contributed by atoms with Gasteiger partial charge in [0.05, 0.1) is 12.6 Å².